The fourth-order valence-corrected chi connectivity index (χ4v) is 2.91. The van der Waals surface area contributed by atoms with Crippen LogP contribution in [0, 0.1) is 0 Å². The molecule has 118 valence electrons. The third-order valence-electron chi connectivity index (χ3n) is 4.20. The van der Waals surface area contributed by atoms with Crippen molar-refractivity contribution < 1.29 is 13.2 Å². The topological polar surface area (TPSA) is 32.5 Å². The van der Waals surface area contributed by atoms with Crippen LogP contribution in [0.1, 0.15) is 24.1 Å². The Morgan fingerprint density at radius 2 is 2.05 bits per heavy atom. The second kappa shape index (κ2) is 6.34. The summed E-state index contributed by atoms with van der Waals surface area (Å²) in [6.07, 6.45) is -4.30. The van der Waals surface area contributed by atoms with Gasteiger partial charge in [-0.25, -0.2) is 0 Å². The first-order chi connectivity index (χ1) is 9.82. The molecule has 1 aliphatic rings. The summed E-state index contributed by atoms with van der Waals surface area (Å²) in [6, 6.07) is 5.69. The van der Waals surface area contributed by atoms with E-state index in [4.69, 9.17) is 5.73 Å². The lowest BCUT2D eigenvalue weighted by atomic mass is 10.0. The fourth-order valence-electron chi connectivity index (χ4n) is 2.91. The van der Waals surface area contributed by atoms with Gasteiger partial charge < -0.3 is 10.6 Å². The Balaban J connectivity index is 2.21. The molecule has 0 radical (unpaired) electrons. The molecule has 2 unspecified atom stereocenters. The van der Waals surface area contributed by atoms with Gasteiger partial charge >= 0.3 is 6.18 Å². The van der Waals surface area contributed by atoms with Crippen LogP contribution in [0.3, 0.4) is 0 Å². The molecule has 0 saturated carbocycles. The highest BCUT2D eigenvalue weighted by Gasteiger charge is 2.32. The first-order valence-electron chi connectivity index (χ1n) is 7.14. The number of halogens is 3. The van der Waals surface area contributed by atoms with Crippen molar-refractivity contribution in [3.8, 4) is 0 Å². The molecule has 1 aromatic rings. The molecule has 1 heterocycles. The Labute approximate surface area is 123 Å². The van der Waals surface area contributed by atoms with E-state index in [1.807, 2.05) is 14.0 Å². The zero-order valence-corrected chi connectivity index (χ0v) is 12.4. The summed E-state index contributed by atoms with van der Waals surface area (Å²) >= 11 is 0. The van der Waals surface area contributed by atoms with E-state index in [9.17, 15) is 13.2 Å². The molecule has 0 spiro atoms. The average molecular weight is 301 g/mol. The Hall–Kier alpha value is -1.11. The quantitative estimate of drug-likeness (QED) is 0.930. The van der Waals surface area contributed by atoms with Crippen molar-refractivity contribution in [1.29, 1.82) is 0 Å². The summed E-state index contributed by atoms with van der Waals surface area (Å²) in [5.41, 5.74) is 5.92. The second-order valence-corrected chi connectivity index (χ2v) is 5.69. The Morgan fingerprint density at radius 3 is 2.67 bits per heavy atom. The molecule has 0 amide bonds. The molecule has 21 heavy (non-hydrogen) atoms. The number of rotatable bonds is 3. The molecule has 1 fully saturated rings. The van der Waals surface area contributed by atoms with Gasteiger partial charge in [0.2, 0.25) is 0 Å². The molecule has 6 heteroatoms. The van der Waals surface area contributed by atoms with Gasteiger partial charge in [-0.05, 0) is 31.7 Å². The number of piperazine rings is 1. The third-order valence-corrected chi connectivity index (χ3v) is 4.20. The van der Waals surface area contributed by atoms with Crippen LogP contribution in [0.4, 0.5) is 13.2 Å². The standard InChI is InChI=1S/C15H22F3N3/c1-11(21-7-6-20(2)10-14(21)9-19)12-4-3-5-13(8-12)15(16,17)18/h3-5,8,11,14H,6-7,9-10,19H2,1-2H3. The van der Waals surface area contributed by atoms with E-state index in [2.05, 4.69) is 9.80 Å². The zero-order chi connectivity index (χ0) is 15.6. The van der Waals surface area contributed by atoms with Crippen LogP contribution in [-0.4, -0.2) is 49.1 Å². The summed E-state index contributed by atoms with van der Waals surface area (Å²) in [5, 5.41) is 0. The van der Waals surface area contributed by atoms with Crippen molar-refractivity contribution in [1.82, 2.24) is 9.80 Å². The predicted octanol–water partition coefficient (Wildman–Crippen LogP) is 2.34. The molecule has 1 aliphatic heterocycles. The van der Waals surface area contributed by atoms with Gasteiger partial charge in [-0.3, -0.25) is 4.90 Å². The summed E-state index contributed by atoms with van der Waals surface area (Å²) in [7, 11) is 2.04. The minimum absolute atomic E-state index is 0.0745. The SMILES string of the molecule is CC(c1cccc(C(F)(F)F)c1)N1CCN(C)CC1CN. The van der Waals surface area contributed by atoms with Crippen LogP contribution in [0.25, 0.3) is 0 Å². The maximum atomic E-state index is 12.8. The highest BCUT2D eigenvalue weighted by molar-refractivity contribution is 5.28. The van der Waals surface area contributed by atoms with Crippen LogP contribution in [0.2, 0.25) is 0 Å². The van der Waals surface area contributed by atoms with Crippen LogP contribution in [0.15, 0.2) is 24.3 Å². The van der Waals surface area contributed by atoms with Crippen LogP contribution < -0.4 is 5.73 Å². The van der Waals surface area contributed by atoms with E-state index in [0.29, 0.717) is 12.1 Å². The number of hydrogen-bond acceptors (Lipinski definition) is 3. The monoisotopic (exact) mass is 301 g/mol. The van der Waals surface area contributed by atoms with Gasteiger partial charge in [-0.2, -0.15) is 13.2 Å². The van der Waals surface area contributed by atoms with Gasteiger partial charge in [0.25, 0.3) is 0 Å². The second-order valence-electron chi connectivity index (χ2n) is 5.69. The van der Waals surface area contributed by atoms with Gasteiger partial charge in [-0.15, -0.1) is 0 Å². The molecule has 2 N–H and O–H groups in total. The molecular formula is C15H22F3N3. The summed E-state index contributed by atoms with van der Waals surface area (Å²) in [6.45, 7) is 5.02. The lowest BCUT2D eigenvalue weighted by Crippen LogP contribution is -2.55. The largest absolute Gasteiger partial charge is 0.416 e. The van der Waals surface area contributed by atoms with E-state index in [0.717, 1.165) is 25.7 Å². The molecule has 1 aromatic carbocycles. The van der Waals surface area contributed by atoms with E-state index in [-0.39, 0.29) is 12.1 Å². The maximum absolute atomic E-state index is 12.8. The summed E-state index contributed by atoms with van der Waals surface area (Å²) in [5.74, 6) is 0. The highest BCUT2D eigenvalue weighted by atomic mass is 19.4. The lowest BCUT2D eigenvalue weighted by molar-refractivity contribution is -0.137. The summed E-state index contributed by atoms with van der Waals surface area (Å²) < 4.78 is 38.5. The van der Waals surface area contributed by atoms with Crippen molar-refractivity contribution in [2.24, 2.45) is 5.73 Å². The van der Waals surface area contributed by atoms with Gasteiger partial charge in [0.1, 0.15) is 0 Å². The molecule has 0 bridgehead atoms. The van der Waals surface area contributed by atoms with Crippen LogP contribution in [-0.2, 0) is 6.18 Å². The van der Waals surface area contributed by atoms with E-state index in [1.165, 1.54) is 12.1 Å². The average Bonchev–Trinajstić information content (AvgIpc) is 2.45. The van der Waals surface area contributed by atoms with Crippen LogP contribution in [0.5, 0.6) is 0 Å². The number of nitrogens with zero attached hydrogens (tertiary/aromatic N) is 2. The fraction of sp³-hybridized carbons (Fsp3) is 0.600. The van der Waals surface area contributed by atoms with Gasteiger partial charge in [0.15, 0.2) is 0 Å². The van der Waals surface area contributed by atoms with Crippen LogP contribution >= 0.6 is 0 Å². The molecular weight excluding hydrogens is 279 g/mol. The number of hydrogen-bond donors (Lipinski definition) is 1. The Kier molecular flexibility index (Phi) is 4.91. The van der Waals surface area contributed by atoms with Crippen molar-refractivity contribution in [3.05, 3.63) is 35.4 Å². The predicted molar refractivity (Wildman–Crippen MR) is 76.9 cm³/mol. The number of benzene rings is 1. The van der Waals surface area contributed by atoms with Gasteiger partial charge in [-0.1, -0.05) is 12.1 Å². The molecule has 0 aromatic heterocycles. The van der Waals surface area contributed by atoms with Gasteiger partial charge in [0, 0.05) is 38.3 Å². The number of alkyl halides is 3. The normalized spacial score (nSPS) is 23.2. The first kappa shape index (κ1) is 16.3. The Morgan fingerprint density at radius 1 is 1.33 bits per heavy atom. The minimum Gasteiger partial charge on any atom is -0.329 e. The van der Waals surface area contributed by atoms with E-state index >= 15 is 0 Å². The zero-order valence-electron chi connectivity index (χ0n) is 12.4. The highest BCUT2D eigenvalue weighted by Crippen LogP contribution is 2.32. The van der Waals surface area contributed by atoms with E-state index < -0.39 is 11.7 Å². The van der Waals surface area contributed by atoms with Crippen molar-refractivity contribution in [2.45, 2.75) is 25.2 Å². The molecule has 0 aliphatic carbocycles. The smallest absolute Gasteiger partial charge is 0.329 e. The minimum atomic E-state index is -4.30. The molecule has 3 nitrogen and oxygen atoms in total. The van der Waals surface area contributed by atoms with Crippen molar-refractivity contribution >= 4 is 0 Å². The number of likely N-dealkylation sites (N-methyl/N-ethyl adjacent to an activating group) is 1. The van der Waals surface area contributed by atoms with Crippen molar-refractivity contribution in [3.63, 3.8) is 0 Å². The maximum Gasteiger partial charge on any atom is 0.416 e. The van der Waals surface area contributed by atoms with Gasteiger partial charge in [0.05, 0.1) is 5.56 Å². The third kappa shape index (κ3) is 3.75. The molecule has 2 rings (SSSR count). The number of nitrogens with two attached hydrogens (primary N) is 1. The summed E-state index contributed by atoms with van der Waals surface area (Å²) in [4.78, 5) is 4.41. The van der Waals surface area contributed by atoms with Crippen molar-refractivity contribution in [2.75, 3.05) is 33.2 Å². The first-order valence-corrected chi connectivity index (χ1v) is 7.14. The Bertz CT molecular complexity index is 475. The van der Waals surface area contributed by atoms with E-state index in [1.54, 1.807) is 6.07 Å². The lowest BCUT2D eigenvalue weighted by Gasteiger charge is -2.43. The molecule has 1 saturated heterocycles. The molecule has 2 atom stereocenters.